The molecular weight excluding hydrogens is 579 g/mol. The molecule has 0 atom stereocenters. The van der Waals surface area contributed by atoms with Gasteiger partial charge in [0.2, 0.25) is 0 Å². The van der Waals surface area contributed by atoms with E-state index in [1.54, 1.807) is 30.3 Å². The maximum atomic E-state index is 11.5. The molecule has 0 aliphatic carbocycles. The first kappa shape index (κ1) is 31.9. The third kappa shape index (κ3) is 9.80. The van der Waals surface area contributed by atoms with Gasteiger partial charge >= 0.3 is 5.97 Å². The topological polar surface area (TPSA) is 99.1 Å². The van der Waals surface area contributed by atoms with Gasteiger partial charge in [-0.15, -0.1) is 0 Å². The third-order valence-corrected chi connectivity index (χ3v) is 6.14. The number of ether oxygens (including phenoxy) is 3. The summed E-state index contributed by atoms with van der Waals surface area (Å²) in [5.41, 5.74) is 2.71. The molecule has 0 unspecified atom stereocenters. The number of carbonyl (C=O) groups is 3. The first-order valence-corrected chi connectivity index (χ1v) is 13.4. The molecule has 0 aromatic heterocycles. The smallest absolute Gasteiger partial charge is 0.378 e. The Bertz CT molecular complexity index is 1550. The summed E-state index contributed by atoms with van der Waals surface area (Å²) in [5, 5.41) is 11.0. The molecule has 0 aliphatic heterocycles. The summed E-state index contributed by atoms with van der Waals surface area (Å²) >= 11 is 11.8. The molecule has 4 aromatic carbocycles. The summed E-state index contributed by atoms with van der Waals surface area (Å²) in [4.78, 5) is 34.2. The van der Waals surface area contributed by atoms with Crippen LogP contribution < -0.4 is 9.47 Å². The number of hydrogen-bond acceptors (Lipinski definition) is 7. The van der Waals surface area contributed by atoms with Crippen LogP contribution in [0.25, 0.3) is 5.76 Å². The van der Waals surface area contributed by atoms with Gasteiger partial charge in [0.25, 0.3) is 5.78 Å². The van der Waals surface area contributed by atoms with Gasteiger partial charge in [0.05, 0.1) is 18.2 Å². The van der Waals surface area contributed by atoms with Gasteiger partial charge in [0.1, 0.15) is 30.5 Å². The number of rotatable bonds is 10. The highest BCUT2D eigenvalue weighted by Gasteiger charge is 2.16. The van der Waals surface area contributed by atoms with Crippen molar-refractivity contribution in [3.63, 3.8) is 0 Å². The Balaban J connectivity index is 0.000000240. The number of benzene rings is 4. The van der Waals surface area contributed by atoms with Crippen LogP contribution in [-0.4, -0.2) is 29.8 Å². The van der Waals surface area contributed by atoms with E-state index in [0.29, 0.717) is 33.7 Å². The lowest BCUT2D eigenvalue weighted by Gasteiger charge is -2.11. The normalized spacial score (nSPS) is 10.6. The van der Waals surface area contributed by atoms with E-state index in [2.05, 4.69) is 4.74 Å². The summed E-state index contributed by atoms with van der Waals surface area (Å²) in [7, 11) is 1.08. The predicted octanol–water partition coefficient (Wildman–Crippen LogP) is 7.68. The van der Waals surface area contributed by atoms with E-state index in [1.165, 1.54) is 13.0 Å². The molecule has 0 amide bonds. The lowest BCUT2D eigenvalue weighted by atomic mass is 10.1. The lowest BCUT2D eigenvalue weighted by molar-refractivity contribution is -0.149. The van der Waals surface area contributed by atoms with Crippen molar-refractivity contribution in [2.24, 2.45) is 0 Å². The molecule has 0 radical (unpaired) electrons. The molecule has 0 saturated carbocycles. The second-order valence-electron chi connectivity index (χ2n) is 8.77. The van der Waals surface area contributed by atoms with Crippen molar-refractivity contribution in [3.8, 4) is 11.5 Å². The monoisotopic (exact) mass is 606 g/mol. The zero-order chi connectivity index (χ0) is 30.5. The second-order valence-corrected chi connectivity index (χ2v) is 9.64. The van der Waals surface area contributed by atoms with Gasteiger partial charge in [-0.2, -0.15) is 0 Å². The van der Waals surface area contributed by atoms with Crippen LogP contribution in [0.3, 0.4) is 0 Å². The van der Waals surface area contributed by atoms with Crippen LogP contribution in [0.2, 0.25) is 10.0 Å². The van der Waals surface area contributed by atoms with E-state index in [9.17, 15) is 19.5 Å². The molecule has 0 fully saturated rings. The molecule has 9 heteroatoms. The van der Waals surface area contributed by atoms with Gasteiger partial charge in [-0.05, 0) is 54.4 Å². The van der Waals surface area contributed by atoms with E-state index in [1.807, 2.05) is 60.7 Å². The first-order chi connectivity index (χ1) is 20.2. The van der Waals surface area contributed by atoms with Crippen molar-refractivity contribution in [2.45, 2.75) is 20.1 Å². The van der Waals surface area contributed by atoms with Crippen molar-refractivity contribution >= 4 is 46.5 Å². The van der Waals surface area contributed by atoms with E-state index >= 15 is 0 Å². The molecular formula is C33H28Cl2O7. The Labute approximate surface area is 253 Å². The zero-order valence-electron chi connectivity index (χ0n) is 22.9. The lowest BCUT2D eigenvalue weighted by Crippen LogP contribution is -2.13. The summed E-state index contributed by atoms with van der Waals surface area (Å²) in [5.74, 6) is -1.65. The highest BCUT2D eigenvalue weighted by molar-refractivity contribution is 6.39. The number of aliphatic hydroxyl groups is 1. The van der Waals surface area contributed by atoms with Gasteiger partial charge < -0.3 is 19.3 Å². The fourth-order valence-electron chi connectivity index (χ4n) is 3.56. The summed E-state index contributed by atoms with van der Waals surface area (Å²) in [6, 6.07) is 28.9. The maximum Gasteiger partial charge on any atom is 0.378 e. The number of hydrogen-bond donors (Lipinski definition) is 1. The molecule has 4 aromatic rings. The highest BCUT2D eigenvalue weighted by Crippen LogP contribution is 2.29. The molecule has 0 aliphatic rings. The number of esters is 1. The van der Waals surface area contributed by atoms with Crippen molar-refractivity contribution < 1.29 is 33.7 Å². The Kier molecular flexibility index (Phi) is 12.2. The van der Waals surface area contributed by atoms with E-state index < -0.39 is 17.5 Å². The van der Waals surface area contributed by atoms with E-state index in [-0.39, 0.29) is 18.0 Å². The van der Waals surface area contributed by atoms with Crippen LogP contribution in [0.5, 0.6) is 11.5 Å². The van der Waals surface area contributed by atoms with Gasteiger partial charge in [0.15, 0.2) is 5.78 Å². The van der Waals surface area contributed by atoms with Crippen LogP contribution in [0, 0.1) is 0 Å². The summed E-state index contributed by atoms with van der Waals surface area (Å²) < 4.78 is 15.6. The average Bonchev–Trinajstić information content (AvgIpc) is 3.00. The Morgan fingerprint density at radius 3 is 1.62 bits per heavy atom. The molecule has 4 rings (SSSR count). The number of ketones is 2. The van der Waals surface area contributed by atoms with Gasteiger partial charge in [-0.25, -0.2) is 4.79 Å². The minimum atomic E-state index is -1.07. The number of aliphatic hydroxyl groups excluding tert-OH is 1. The van der Waals surface area contributed by atoms with Crippen LogP contribution in [0.4, 0.5) is 0 Å². The van der Waals surface area contributed by atoms with Crippen molar-refractivity contribution in [1.82, 2.24) is 0 Å². The molecule has 0 bridgehead atoms. The zero-order valence-corrected chi connectivity index (χ0v) is 24.4. The Morgan fingerprint density at radius 1 is 0.714 bits per heavy atom. The fraction of sp³-hybridized carbons (Fsp3) is 0.121. The largest absolute Gasteiger partial charge is 0.507 e. The number of methoxy groups -OCH3 is 1. The van der Waals surface area contributed by atoms with Gasteiger partial charge in [0, 0.05) is 16.1 Å². The molecule has 0 heterocycles. The van der Waals surface area contributed by atoms with Gasteiger partial charge in [-0.3, -0.25) is 9.59 Å². The Morgan fingerprint density at radius 2 is 1.17 bits per heavy atom. The van der Waals surface area contributed by atoms with Crippen molar-refractivity contribution in [1.29, 1.82) is 0 Å². The van der Waals surface area contributed by atoms with Crippen LogP contribution in [0.15, 0.2) is 103 Å². The standard InChI is InChI=1S/C18H15ClO5.C15H13ClO2/c1-23-18(22)16(21)10-15(20)14-9-13(19)7-8-17(14)24-11-12-5-3-2-4-6-12;1-11(17)14-9-13(16)7-8-15(14)18-10-12-5-3-2-4-6-12/h2-10,20H,11H2,1H3;2-9H,10H2,1H3. The van der Waals surface area contributed by atoms with Crippen LogP contribution in [0.1, 0.15) is 34.0 Å². The van der Waals surface area contributed by atoms with Crippen molar-refractivity contribution in [2.75, 3.05) is 7.11 Å². The highest BCUT2D eigenvalue weighted by atomic mass is 35.5. The summed E-state index contributed by atoms with van der Waals surface area (Å²) in [6.45, 7) is 2.21. The predicted molar refractivity (Wildman–Crippen MR) is 162 cm³/mol. The van der Waals surface area contributed by atoms with Crippen LogP contribution in [-0.2, 0) is 27.5 Å². The first-order valence-electron chi connectivity index (χ1n) is 12.6. The molecule has 7 nitrogen and oxygen atoms in total. The number of Topliss-reactive ketones (excluding diaryl/α,β-unsaturated/α-hetero) is 1. The van der Waals surface area contributed by atoms with Crippen molar-refractivity contribution in [3.05, 3.63) is 135 Å². The molecule has 1 N–H and O–H groups in total. The Hall–Kier alpha value is -4.59. The minimum absolute atomic E-state index is 0.0550. The second kappa shape index (κ2) is 16.0. The minimum Gasteiger partial charge on any atom is -0.507 e. The number of halogens is 2. The van der Waals surface area contributed by atoms with Gasteiger partial charge in [-0.1, -0.05) is 83.9 Å². The third-order valence-electron chi connectivity index (χ3n) is 5.67. The molecule has 42 heavy (non-hydrogen) atoms. The molecule has 216 valence electrons. The average molecular weight is 607 g/mol. The van der Waals surface area contributed by atoms with Crippen LogP contribution >= 0.6 is 23.2 Å². The number of carbonyl (C=O) groups excluding carboxylic acids is 3. The maximum absolute atomic E-state index is 11.5. The summed E-state index contributed by atoms with van der Waals surface area (Å²) in [6.07, 6.45) is 0.771. The fourth-order valence-corrected chi connectivity index (χ4v) is 3.91. The van der Waals surface area contributed by atoms with E-state index in [4.69, 9.17) is 32.7 Å². The molecule has 0 saturated heterocycles. The SMILES string of the molecule is CC(=O)c1cc(Cl)ccc1OCc1ccccc1.COC(=O)C(=O)C=C(O)c1cc(Cl)ccc1OCc1ccccc1. The quantitative estimate of drug-likeness (QED) is 0.0649. The van der Waals surface area contributed by atoms with E-state index in [0.717, 1.165) is 24.3 Å². The molecule has 0 spiro atoms.